The number of urea groups is 1. The fraction of sp³-hybridized carbons (Fsp3) is 0.459. The Kier molecular flexibility index (Phi) is 10.9. The summed E-state index contributed by atoms with van der Waals surface area (Å²) < 4.78 is 69.2. The monoisotopic (exact) mass is 793 g/mol. The number of amides is 3. The molecule has 296 valence electrons. The number of fused-ring (bicyclic) bond motifs is 1. The Morgan fingerprint density at radius 2 is 1.71 bits per heavy atom. The lowest BCUT2D eigenvalue weighted by Crippen LogP contribution is -2.49. The maximum absolute atomic E-state index is 13.7. The molecule has 3 aliphatic rings. The number of benzene rings is 2. The highest BCUT2D eigenvalue weighted by Crippen LogP contribution is 2.34. The number of aromatic nitrogens is 4. The number of aryl methyl sites for hydroxylation is 1. The average molecular weight is 794 g/mol. The van der Waals surface area contributed by atoms with Crippen molar-refractivity contribution in [3.63, 3.8) is 0 Å². The van der Waals surface area contributed by atoms with E-state index in [4.69, 9.17) is 0 Å². The van der Waals surface area contributed by atoms with Crippen LogP contribution in [0, 0.1) is 11.3 Å². The van der Waals surface area contributed by atoms with Gasteiger partial charge in [-0.3, -0.25) is 19.7 Å². The van der Waals surface area contributed by atoms with E-state index in [0.29, 0.717) is 54.8 Å². The molecule has 0 saturated carbocycles. The molecule has 3 amide bonds. The maximum atomic E-state index is 13.7. The number of hydrogen-bond donors (Lipinski definition) is 2. The Hall–Kier alpha value is -5.32. The molecule has 0 unspecified atom stereocenters. The summed E-state index contributed by atoms with van der Waals surface area (Å²) >= 11 is 0. The summed E-state index contributed by atoms with van der Waals surface area (Å²) in [5.74, 6) is 0.632. The molecule has 2 aromatic carbocycles. The van der Waals surface area contributed by atoms with Gasteiger partial charge in [-0.1, -0.05) is 6.07 Å². The minimum absolute atomic E-state index is 0.0492. The van der Waals surface area contributed by atoms with Gasteiger partial charge in [0.1, 0.15) is 6.07 Å². The zero-order valence-electron chi connectivity index (χ0n) is 31.0. The van der Waals surface area contributed by atoms with Gasteiger partial charge in [-0.2, -0.15) is 27.8 Å². The van der Waals surface area contributed by atoms with E-state index in [1.807, 2.05) is 25.1 Å². The summed E-state index contributed by atoms with van der Waals surface area (Å²) in [4.78, 5) is 37.5. The molecular formula is C37H42F3N11O4S. The Bertz CT molecular complexity index is 2260. The van der Waals surface area contributed by atoms with Crippen LogP contribution in [0.25, 0.3) is 10.9 Å². The molecule has 15 nitrogen and oxygen atoms in total. The fourth-order valence-corrected chi connectivity index (χ4v) is 9.07. The lowest BCUT2D eigenvalue weighted by Gasteiger charge is -2.34. The molecule has 2 N–H and O–H groups in total. The summed E-state index contributed by atoms with van der Waals surface area (Å²) in [7, 11) is -0.194. The molecule has 19 heteroatoms. The number of nitriles is 1. The van der Waals surface area contributed by atoms with Crippen molar-refractivity contribution in [2.75, 3.05) is 68.0 Å². The van der Waals surface area contributed by atoms with Crippen LogP contribution in [0.3, 0.4) is 0 Å². The molecule has 0 atom stereocenters. The van der Waals surface area contributed by atoms with E-state index in [2.05, 4.69) is 48.8 Å². The number of imide groups is 1. The average Bonchev–Trinajstić information content (AvgIpc) is 3.51. The normalized spacial score (nSPS) is 18.2. The van der Waals surface area contributed by atoms with Gasteiger partial charge < -0.3 is 15.1 Å². The van der Waals surface area contributed by atoms with Crippen LogP contribution in [0.2, 0.25) is 0 Å². The van der Waals surface area contributed by atoms with E-state index in [9.17, 15) is 36.4 Å². The molecule has 0 bridgehead atoms. The van der Waals surface area contributed by atoms with Crippen LogP contribution in [-0.4, -0.2) is 108 Å². The Balaban J connectivity index is 0.928. The summed E-state index contributed by atoms with van der Waals surface area (Å²) in [6.07, 6.45) is -0.187. The van der Waals surface area contributed by atoms with Gasteiger partial charge in [0, 0.05) is 77.1 Å². The number of sulfonamides is 1. The predicted molar refractivity (Wildman–Crippen MR) is 201 cm³/mol. The van der Waals surface area contributed by atoms with E-state index in [0.717, 1.165) is 43.4 Å². The van der Waals surface area contributed by atoms with Crippen LogP contribution in [0.5, 0.6) is 0 Å². The maximum Gasteiger partial charge on any atom is 0.419 e. The molecule has 4 aromatic rings. The topological polar surface area (TPSA) is 173 Å². The number of piperidine rings is 2. The number of carbonyl (C=O) groups is 2. The lowest BCUT2D eigenvalue weighted by molar-refractivity contribution is -0.138. The van der Waals surface area contributed by atoms with Crippen molar-refractivity contribution < 1.29 is 31.2 Å². The van der Waals surface area contributed by atoms with E-state index >= 15 is 0 Å². The molecule has 0 aliphatic carbocycles. The van der Waals surface area contributed by atoms with Gasteiger partial charge in [-0.15, -0.1) is 0 Å². The minimum atomic E-state index is -4.54. The van der Waals surface area contributed by atoms with Gasteiger partial charge in [-0.25, -0.2) is 23.2 Å². The third-order valence-corrected chi connectivity index (χ3v) is 12.8. The summed E-state index contributed by atoms with van der Waals surface area (Å²) in [6.45, 7) is 3.70. The molecule has 3 fully saturated rings. The number of likely N-dealkylation sites (N-methyl/N-ethyl adjacent to an activating group) is 1. The molecular weight excluding hydrogens is 752 g/mol. The molecule has 3 saturated heterocycles. The van der Waals surface area contributed by atoms with Gasteiger partial charge >= 0.3 is 12.2 Å². The van der Waals surface area contributed by atoms with Crippen LogP contribution in [-0.2, 0) is 28.0 Å². The highest BCUT2D eigenvalue weighted by Gasteiger charge is 2.33. The zero-order valence-corrected chi connectivity index (χ0v) is 31.8. The molecule has 0 radical (unpaired) electrons. The van der Waals surface area contributed by atoms with E-state index in [-0.39, 0.29) is 48.8 Å². The molecule has 2 aromatic heterocycles. The van der Waals surface area contributed by atoms with Gasteiger partial charge in [0.15, 0.2) is 5.82 Å². The number of rotatable bonds is 10. The first-order valence-corrected chi connectivity index (χ1v) is 19.9. The smallest absolute Gasteiger partial charge is 0.372 e. The Labute approximate surface area is 322 Å². The third kappa shape index (κ3) is 8.13. The Morgan fingerprint density at radius 3 is 2.38 bits per heavy atom. The predicted octanol–water partition coefficient (Wildman–Crippen LogP) is 4.28. The highest BCUT2D eigenvalue weighted by atomic mass is 32.2. The first-order chi connectivity index (χ1) is 26.7. The van der Waals surface area contributed by atoms with Gasteiger partial charge in [-0.05, 0) is 80.6 Å². The van der Waals surface area contributed by atoms with Crippen LogP contribution in [0.15, 0.2) is 53.7 Å². The van der Waals surface area contributed by atoms with E-state index in [1.165, 1.54) is 26.9 Å². The molecule has 7 rings (SSSR count). The van der Waals surface area contributed by atoms with Gasteiger partial charge in [0.25, 0.3) is 0 Å². The standard InChI is InChI=1S/C37H42F3N11O4S/c1-47(17-18-49-12-7-24(8-13-49)25-4-6-30-32(19-25)48(2)46-34(30)51-16-11-33(52)45-36(51)53)31-20-29(5-3-26(31)21-41)56(54,55)50-14-9-28(10-15-50)44-35-42-22-27(23-43-35)37(38,39)40/h3-6,19-20,22-24,28H,7-18H2,1-2H3,(H,42,43,44)(H,45,52,53). The van der Waals surface area contributed by atoms with Crippen LogP contribution >= 0.6 is 0 Å². The van der Waals surface area contributed by atoms with Crippen molar-refractivity contribution in [2.24, 2.45) is 7.05 Å². The van der Waals surface area contributed by atoms with Gasteiger partial charge in [0.2, 0.25) is 21.9 Å². The number of halogens is 3. The SMILES string of the molecule is CN(CCN1CCC(c2ccc3c(N4CCC(=O)NC4=O)nn(C)c3c2)CC1)c1cc(S(=O)(=O)N2CCC(Nc3ncc(C(F)(F)F)cn3)CC2)ccc1C#N. The number of alkyl halides is 3. The lowest BCUT2D eigenvalue weighted by atomic mass is 9.89. The third-order valence-electron chi connectivity index (χ3n) is 10.9. The molecule has 5 heterocycles. The quantitative estimate of drug-likeness (QED) is 0.235. The largest absolute Gasteiger partial charge is 0.419 e. The first-order valence-electron chi connectivity index (χ1n) is 18.4. The first kappa shape index (κ1) is 38.9. The van der Waals surface area contributed by atoms with Crippen molar-refractivity contribution in [3.8, 4) is 6.07 Å². The van der Waals surface area contributed by atoms with Crippen LogP contribution in [0.1, 0.15) is 54.7 Å². The van der Waals surface area contributed by atoms with Crippen molar-refractivity contribution in [2.45, 2.75) is 55.1 Å². The Morgan fingerprint density at radius 1 is 1.00 bits per heavy atom. The van der Waals surface area contributed by atoms with Gasteiger partial charge in [0.05, 0.1) is 27.2 Å². The second-order valence-electron chi connectivity index (χ2n) is 14.4. The highest BCUT2D eigenvalue weighted by molar-refractivity contribution is 7.89. The van der Waals surface area contributed by atoms with Crippen molar-refractivity contribution in [1.29, 1.82) is 5.26 Å². The number of hydrogen-bond acceptors (Lipinski definition) is 11. The van der Waals surface area contributed by atoms with Crippen molar-refractivity contribution in [3.05, 3.63) is 65.5 Å². The summed E-state index contributed by atoms with van der Waals surface area (Å²) in [5.41, 5.74) is 2.06. The fourth-order valence-electron chi connectivity index (χ4n) is 7.58. The van der Waals surface area contributed by atoms with Crippen LogP contribution in [0.4, 0.5) is 35.4 Å². The number of nitrogens with one attached hydrogen (secondary N) is 2. The molecule has 0 spiro atoms. The number of nitrogens with zero attached hydrogens (tertiary/aromatic N) is 9. The van der Waals surface area contributed by atoms with Crippen LogP contribution < -0.4 is 20.4 Å². The molecule has 56 heavy (non-hydrogen) atoms. The second kappa shape index (κ2) is 15.7. The second-order valence-corrected chi connectivity index (χ2v) is 16.4. The zero-order chi connectivity index (χ0) is 39.8. The number of anilines is 3. The number of carbonyl (C=O) groups excluding carboxylic acids is 2. The van der Waals surface area contributed by atoms with Crippen molar-refractivity contribution in [1.82, 2.24) is 34.3 Å². The summed E-state index contributed by atoms with van der Waals surface area (Å²) in [6, 6.07) is 12.3. The number of likely N-dealkylation sites (tertiary alicyclic amines) is 1. The van der Waals surface area contributed by atoms with E-state index < -0.39 is 27.8 Å². The molecule has 3 aliphatic heterocycles. The van der Waals surface area contributed by atoms with Crippen molar-refractivity contribution >= 4 is 50.3 Å². The minimum Gasteiger partial charge on any atom is -0.372 e. The van der Waals surface area contributed by atoms with E-state index in [1.54, 1.807) is 10.7 Å². The summed E-state index contributed by atoms with van der Waals surface area (Å²) in [5, 5.41) is 20.7.